The van der Waals surface area contributed by atoms with E-state index in [1.54, 1.807) is 0 Å². The second-order valence-electron chi connectivity index (χ2n) is 8.72. The van der Waals surface area contributed by atoms with Crippen LogP contribution in [0.15, 0.2) is 18.2 Å². The summed E-state index contributed by atoms with van der Waals surface area (Å²) in [5, 5.41) is 13.6. The summed E-state index contributed by atoms with van der Waals surface area (Å²) in [5.74, 6) is -0.477. The molecule has 1 amide bonds. The van der Waals surface area contributed by atoms with Gasteiger partial charge >= 0.3 is 0 Å². The summed E-state index contributed by atoms with van der Waals surface area (Å²) >= 11 is 1.52. The van der Waals surface area contributed by atoms with Crippen LogP contribution in [0.2, 0.25) is 0 Å². The molecular formula is C21H32NO4S-. The zero-order valence-corrected chi connectivity index (χ0v) is 18.3. The highest BCUT2D eigenvalue weighted by Crippen LogP contribution is 2.35. The van der Waals surface area contributed by atoms with E-state index in [0.717, 1.165) is 5.56 Å². The molecule has 0 saturated carbocycles. The Bertz CT molecular complexity index is 659. The first kappa shape index (κ1) is 23.3. The zero-order chi connectivity index (χ0) is 20.8. The molecule has 0 radical (unpaired) electrons. The monoisotopic (exact) mass is 394 g/mol. The van der Waals surface area contributed by atoms with Crippen molar-refractivity contribution in [3.8, 4) is 5.75 Å². The van der Waals surface area contributed by atoms with Crippen LogP contribution < -0.4 is 15.2 Å². The molecular weight excluding hydrogens is 362 g/mol. The molecule has 0 saturated heterocycles. The van der Waals surface area contributed by atoms with E-state index in [1.807, 2.05) is 18.4 Å². The number of ether oxygens (including phenoxy) is 1. The summed E-state index contributed by atoms with van der Waals surface area (Å²) in [7, 11) is 0. The number of amides is 1. The zero-order valence-electron chi connectivity index (χ0n) is 17.5. The van der Waals surface area contributed by atoms with Crippen molar-refractivity contribution >= 4 is 23.6 Å². The molecule has 1 aromatic carbocycles. The number of aliphatic carboxylic acids is 1. The predicted octanol–water partition coefficient (Wildman–Crippen LogP) is 2.65. The van der Waals surface area contributed by atoms with Crippen LogP contribution in [0.5, 0.6) is 5.75 Å². The van der Waals surface area contributed by atoms with Crippen molar-refractivity contribution in [3.63, 3.8) is 0 Å². The average Bonchev–Trinajstić information content (AvgIpc) is 2.54. The number of carboxylic acid groups (broad SMARTS) is 1. The minimum atomic E-state index is -1.28. The lowest BCUT2D eigenvalue weighted by Gasteiger charge is -2.27. The molecule has 0 fully saturated rings. The van der Waals surface area contributed by atoms with Crippen molar-refractivity contribution in [2.45, 2.75) is 64.8 Å². The average molecular weight is 395 g/mol. The van der Waals surface area contributed by atoms with E-state index >= 15 is 0 Å². The first-order valence-electron chi connectivity index (χ1n) is 9.13. The van der Waals surface area contributed by atoms with Crippen LogP contribution in [0.25, 0.3) is 0 Å². The fraction of sp³-hybridized carbons (Fsp3) is 0.619. The molecule has 0 aliphatic heterocycles. The Balaban J connectivity index is 2.89. The van der Waals surface area contributed by atoms with Gasteiger partial charge in [-0.3, -0.25) is 4.79 Å². The van der Waals surface area contributed by atoms with Gasteiger partial charge in [-0.25, -0.2) is 0 Å². The van der Waals surface area contributed by atoms with Crippen molar-refractivity contribution in [3.05, 3.63) is 29.3 Å². The normalized spacial score (nSPS) is 13.1. The third kappa shape index (κ3) is 7.45. The largest absolute Gasteiger partial charge is 0.548 e. The van der Waals surface area contributed by atoms with Crippen molar-refractivity contribution < 1.29 is 19.4 Å². The molecule has 0 unspecified atom stereocenters. The van der Waals surface area contributed by atoms with Crippen LogP contribution in [0.4, 0.5) is 0 Å². The van der Waals surface area contributed by atoms with Gasteiger partial charge in [0.15, 0.2) is 6.61 Å². The Morgan fingerprint density at radius 3 is 2.26 bits per heavy atom. The Hall–Kier alpha value is -1.69. The van der Waals surface area contributed by atoms with Gasteiger partial charge in [-0.15, -0.1) is 0 Å². The molecule has 0 aromatic heterocycles. The molecule has 6 heteroatoms. The van der Waals surface area contributed by atoms with E-state index in [4.69, 9.17) is 4.74 Å². The Morgan fingerprint density at radius 2 is 1.78 bits per heavy atom. The van der Waals surface area contributed by atoms with Crippen molar-refractivity contribution in [2.24, 2.45) is 0 Å². The van der Waals surface area contributed by atoms with Gasteiger partial charge in [0.05, 0.1) is 12.0 Å². The summed E-state index contributed by atoms with van der Waals surface area (Å²) < 4.78 is 5.75. The second kappa shape index (κ2) is 9.49. The maximum atomic E-state index is 12.1. The fourth-order valence-corrected chi connectivity index (χ4v) is 3.04. The first-order chi connectivity index (χ1) is 12.4. The standard InChI is InChI=1S/C21H33NO4S/c1-20(2,3)14-8-9-17(15(12-14)21(4,5)6)26-13-18(23)22-16(19(24)25)10-11-27-7/h8-9,12,16H,10-11,13H2,1-7H3,(H,22,23)(H,24,25)/p-1/t16-/m1/s1. The maximum absolute atomic E-state index is 12.1. The van der Waals surface area contributed by atoms with Crippen LogP contribution in [0.3, 0.4) is 0 Å². The van der Waals surface area contributed by atoms with Gasteiger partial charge in [0, 0.05) is 0 Å². The molecule has 152 valence electrons. The van der Waals surface area contributed by atoms with Gasteiger partial charge < -0.3 is 20.0 Å². The molecule has 1 atom stereocenters. The number of rotatable bonds is 8. The molecule has 0 aliphatic carbocycles. The fourth-order valence-electron chi connectivity index (χ4n) is 2.57. The molecule has 27 heavy (non-hydrogen) atoms. The van der Waals surface area contributed by atoms with Gasteiger partial charge in [-0.05, 0) is 46.5 Å². The number of carbonyl (C=O) groups is 2. The van der Waals surface area contributed by atoms with E-state index in [9.17, 15) is 14.7 Å². The van der Waals surface area contributed by atoms with Crippen LogP contribution in [-0.4, -0.2) is 36.5 Å². The summed E-state index contributed by atoms with van der Waals surface area (Å²) in [4.78, 5) is 23.3. The lowest BCUT2D eigenvalue weighted by atomic mass is 9.80. The molecule has 0 heterocycles. The third-order valence-corrected chi connectivity index (χ3v) is 4.89. The SMILES string of the molecule is CSCC[C@@H](NC(=O)COc1ccc(C(C)(C)C)cc1C(C)(C)C)C(=O)[O-]. The molecule has 1 N–H and O–H groups in total. The molecule has 0 aliphatic rings. The van der Waals surface area contributed by atoms with Gasteiger partial charge in [0.1, 0.15) is 5.75 Å². The highest BCUT2D eigenvalue weighted by molar-refractivity contribution is 7.98. The second-order valence-corrected chi connectivity index (χ2v) is 9.71. The Labute approximate surface area is 167 Å². The molecule has 1 rings (SSSR count). The van der Waals surface area contributed by atoms with Gasteiger partial charge in [0.25, 0.3) is 5.91 Å². The van der Waals surface area contributed by atoms with E-state index in [-0.39, 0.29) is 17.4 Å². The topological polar surface area (TPSA) is 78.5 Å². The number of benzene rings is 1. The van der Waals surface area contributed by atoms with Crippen molar-refractivity contribution in [1.82, 2.24) is 5.32 Å². The minimum Gasteiger partial charge on any atom is -0.548 e. The van der Waals surface area contributed by atoms with Gasteiger partial charge in [-0.2, -0.15) is 11.8 Å². The van der Waals surface area contributed by atoms with E-state index < -0.39 is 17.9 Å². The van der Waals surface area contributed by atoms with Gasteiger partial charge in [-0.1, -0.05) is 53.7 Å². The number of hydrogen-bond acceptors (Lipinski definition) is 5. The van der Waals surface area contributed by atoms with Gasteiger partial charge in [0.2, 0.25) is 0 Å². The number of nitrogens with one attached hydrogen (secondary N) is 1. The van der Waals surface area contributed by atoms with Crippen LogP contribution in [-0.2, 0) is 20.4 Å². The van der Waals surface area contributed by atoms with Crippen LogP contribution >= 0.6 is 11.8 Å². The quantitative estimate of drug-likeness (QED) is 0.733. The van der Waals surface area contributed by atoms with Crippen LogP contribution in [0, 0.1) is 0 Å². The summed E-state index contributed by atoms with van der Waals surface area (Å²) in [5.41, 5.74) is 2.06. The first-order valence-corrected chi connectivity index (χ1v) is 10.5. The number of carbonyl (C=O) groups excluding carboxylic acids is 2. The van der Waals surface area contributed by atoms with E-state index in [1.165, 1.54) is 17.3 Å². The highest BCUT2D eigenvalue weighted by atomic mass is 32.2. The molecule has 5 nitrogen and oxygen atoms in total. The van der Waals surface area contributed by atoms with Crippen LogP contribution in [0.1, 0.15) is 59.1 Å². The molecule has 0 bridgehead atoms. The Kier molecular flexibility index (Phi) is 8.21. The summed E-state index contributed by atoms with van der Waals surface area (Å²) in [6, 6.07) is 5.01. The molecule has 1 aromatic rings. The summed E-state index contributed by atoms with van der Waals surface area (Å²) in [6.07, 6.45) is 2.20. The summed E-state index contributed by atoms with van der Waals surface area (Å²) in [6.45, 7) is 12.5. The number of thioether (sulfide) groups is 1. The van der Waals surface area contributed by atoms with E-state index in [0.29, 0.717) is 17.9 Å². The van der Waals surface area contributed by atoms with Crippen molar-refractivity contribution in [1.29, 1.82) is 0 Å². The predicted molar refractivity (Wildman–Crippen MR) is 109 cm³/mol. The number of carboxylic acids is 1. The van der Waals surface area contributed by atoms with E-state index in [2.05, 4.69) is 52.9 Å². The third-order valence-electron chi connectivity index (χ3n) is 4.24. The highest BCUT2D eigenvalue weighted by Gasteiger charge is 2.23. The Morgan fingerprint density at radius 1 is 1.15 bits per heavy atom. The maximum Gasteiger partial charge on any atom is 0.258 e. The minimum absolute atomic E-state index is 0.00883. The van der Waals surface area contributed by atoms with Crippen molar-refractivity contribution in [2.75, 3.05) is 18.6 Å². The molecule has 0 spiro atoms. The lowest BCUT2D eigenvalue weighted by molar-refractivity contribution is -0.308. The lowest BCUT2D eigenvalue weighted by Crippen LogP contribution is -2.49. The number of hydrogen-bond donors (Lipinski definition) is 1. The smallest absolute Gasteiger partial charge is 0.258 e.